The van der Waals surface area contributed by atoms with Gasteiger partial charge < -0.3 is 35.7 Å². The van der Waals surface area contributed by atoms with Crippen LogP contribution in [-0.4, -0.2) is 72.5 Å². The highest BCUT2D eigenvalue weighted by molar-refractivity contribution is 5.96. The third-order valence-electron chi connectivity index (χ3n) is 7.54. The van der Waals surface area contributed by atoms with E-state index in [1.165, 1.54) is 0 Å². The lowest BCUT2D eigenvalue weighted by molar-refractivity contribution is -0.196. The predicted molar refractivity (Wildman–Crippen MR) is 167 cm³/mol. The average molecular weight is 713 g/mol. The number of aldehydes is 1. The maximum Gasteiger partial charge on any atom is 0.425 e. The lowest BCUT2D eigenvalue weighted by Crippen LogP contribution is -2.37. The summed E-state index contributed by atoms with van der Waals surface area (Å²) in [4.78, 5) is 23.6. The van der Waals surface area contributed by atoms with Crippen molar-refractivity contribution >= 4 is 28.7 Å². The minimum atomic E-state index is -5.26. The molecule has 0 aliphatic heterocycles. The summed E-state index contributed by atoms with van der Waals surface area (Å²) in [5.74, 6) is -4.18. The topological polar surface area (TPSA) is 145 Å². The van der Waals surface area contributed by atoms with E-state index in [1.54, 1.807) is 7.05 Å². The molecule has 1 aliphatic rings. The van der Waals surface area contributed by atoms with Crippen molar-refractivity contribution in [3.8, 4) is 23.1 Å². The minimum Gasteiger partial charge on any atom is -0.464 e. The van der Waals surface area contributed by atoms with E-state index in [0.29, 0.717) is 31.7 Å². The average Bonchev–Trinajstić information content (AvgIpc) is 3.03. The standard InChI is InChI=1S/C28H30F8N6O3.C2H6.CH4O/c1-4-16(27(31,32)33)45-24-17-22(20(30)21(40-24)14-10-15(37)19(29)13(2)18(14)28(34,35)36)41-25(42-23(17)39-9-8-38-3)44-12-26(11-43)6-5-7-26;2*1-2/h10-11,16,38H,4-9,12,37H2,1-3H3,(H,39,41,42);1-2H3;2H,1H3. The smallest absolute Gasteiger partial charge is 0.425 e. The van der Waals surface area contributed by atoms with Crippen LogP contribution in [0.1, 0.15) is 57.6 Å². The molecule has 0 radical (unpaired) electrons. The van der Waals surface area contributed by atoms with Crippen molar-refractivity contribution in [2.24, 2.45) is 5.41 Å². The second-order valence-corrected chi connectivity index (χ2v) is 10.7. The number of nitrogen functional groups attached to an aromatic ring is 1. The number of likely N-dealkylation sites (N-methyl/N-ethyl adjacent to an activating group) is 1. The SMILES string of the molecule is CC.CCC(Oc1nc(-c2cc(N)c(F)c(C)c2C(F)(F)F)c(F)c2nc(OCC3(C=O)CCC3)nc(NCCNC)c12)C(F)(F)F.CO. The number of carbonyl (C=O) groups is 1. The van der Waals surface area contributed by atoms with Crippen LogP contribution in [0.3, 0.4) is 0 Å². The largest absolute Gasteiger partial charge is 0.464 e. The summed E-state index contributed by atoms with van der Waals surface area (Å²) in [7, 11) is 2.61. The Kier molecular flexibility index (Phi) is 14.3. The van der Waals surface area contributed by atoms with Gasteiger partial charge in [0.15, 0.2) is 11.9 Å². The van der Waals surface area contributed by atoms with Crippen molar-refractivity contribution < 1.29 is 54.5 Å². The molecule has 2 heterocycles. The molecule has 1 aromatic carbocycles. The van der Waals surface area contributed by atoms with Crippen LogP contribution in [0.25, 0.3) is 22.2 Å². The van der Waals surface area contributed by atoms with Crippen molar-refractivity contribution in [2.75, 3.05) is 44.9 Å². The highest BCUT2D eigenvalue weighted by atomic mass is 19.4. The van der Waals surface area contributed by atoms with E-state index in [1.807, 2.05) is 13.8 Å². The number of nitrogens with two attached hydrogens (primary N) is 1. The Hall–Kier alpha value is -4.06. The summed E-state index contributed by atoms with van der Waals surface area (Å²) in [5, 5.41) is 12.1. The van der Waals surface area contributed by atoms with Gasteiger partial charge in [-0.3, -0.25) is 0 Å². The summed E-state index contributed by atoms with van der Waals surface area (Å²) in [5.41, 5.74) is -1.67. The molecule has 0 spiro atoms. The molecule has 4 rings (SSSR count). The van der Waals surface area contributed by atoms with Gasteiger partial charge in [0.05, 0.1) is 16.7 Å². The normalized spacial score (nSPS) is 14.4. The zero-order chi connectivity index (χ0) is 37.3. The predicted octanol–water partition coefficient (Wildman–Crippen LogP) is 6.61. The highest BCUT2D eigenvalue weighted by Crippen LogP contribution is 2.45. The number of hydrogen-bond acceptors (Lipinski definition) is 10. The molecule has 274 valence electrons. The Morgan fingerprint density at radius 3 is 2.18 bits per heavy atom. The van der Waals surface area contributed by atoms with Gasteiger partial charge in [-0.05, 0) is 44.9 Å². The Balaban J connectivity index is 0.00000201. The number of carbonyl (C=O) groups excluding carboxylic acids is 1. The number of hydrogen-bond donors (Lipinski definition) is 4. The number of pyridine rings is 1. The minimum absolute atomic E-state index is 0.0888. The van der Waals surface area contributed by atoms with E-state index in [2.05, 4.69) is 25.6 Å². The van der Waals surface area contributed by atoms with E-state index in [0.717, 1.165) is 27.4 Å². The molecular weight excluding hydrogens is 672 g/mol. The molecule has 0 amide bonds. The van der Waals surface area contributed by atoms with E-state index in [9.17, 15) is 35.5 Å². The van der Waals surface area contributed by atoms with E-state index in [4.69, 9.17) is 20.3 Å². The fraction of sp³-hybridized carbons (Fsp3) is 0.548. The molecule has 1 aliphatic carbocycles. The Labute approximate surface area is 277 Å². The van der Waals surface area contributed by atoms with Gasteiger partial charge in [-0.15, -0.1) is 0 Å². The summed E-state index contributed by atoms with van der Waals surface area (Å²) in [6.45, 7) is 6.09. The maximum atomic E-state index is 16.4. The van der Waals surface area contributed by atoms with Crippen molar-refractivity contribution in [1.82, 2.24) is 20.3 Å². The Morgan fingerprint density at radius 1 is 1.06 bits per heavy atom. The Bertz CT molecular complexity index is 1580. The molecule has 0 bridgehead atoms. The lowest BCUT2D eigenvalue weighted by Gasteiger charge is -2.35. The quantitative estimate of drug-likeness (QED) is 0.0701. The van der Waals surface area contributed by atoms with E-state index in [-0.39, 0.29) is 19.0 Å². The molecule has 2 aromatic heterocycles. The zero-order valence-corrected chi connectivity index (χ0v) is 27.8. The van der Waals surface area contributed by atoms with Gasteiger partial charge in [-0.25, -0.2) is 13.8 Å². The molecule has 5 N–H and O–H groups in total. The second-order valence-electron chi connectivity index (χ2n) is 10.7. The number of nitrogens with zero attached hydrogens (tertiary/aromatic N) is 3. The summed E-state index contributed by atoms with van der Waals surface area (Å²) in [6, 6.07) is -0.0270. The third-order valence-corrected chi connectivity index (χ3v) is 7.54. The van der Waals surface area contributed by atoms with Gasteiger partial charge in [0.2, 0.25) is 5.88 Å². The number of nitrogens with one attached hydrogen (secondary N) is 2. The fourth-order valence-electron chi connectivity index (χ4n) is 4.91. The molecule has 1 atom stereocenters. The van der Waals surface area contributed by atoms with Crippen LogP contribution in [0, 0.1) is 24.0 Å². The van der Waals surface area contributed by atoms with Crippen molar-refractivity contribution in [3.63, 3.8) is 0 Å². The molecule has 1 saturated carbocycles. The number of fused-ring (bicyclic) bond motifs is 1. The third kappa shape index (κ3) is 9.14. The van der Waals surface area contributed by atoms with Crippen LogP contribution in [0.4, 0.5) is 46.6 Å². The molecule has 1 fully saturated rings. The van der Waals surface area contributed by atoms with Crippen LogP contribution in [-0.2, 0) is 11.0 Å². The Morgan fingerprint density at radius 2 is 1.69 bits per heavy atom. The van der Waals surface area contributed by atoms with Gasteiger partial charge in [-0.1, -0.05) is 27.2 Å². The van der Waals surface area contributed by atoms with Crippen LogP contribution in [0.5, 0.6) is 11.9 Å². The molecule has 18 heteroatoms. The highest BCUT2D eigenvalue weighted by Gasteiger charge is 2.43. The summed E-state index contributed by atoms with van der Waals surface area (Å²) >= 11 is 0. The van der Waals surface area contributed by atoms with Crippen molar-refractivity contribution in [2.45, 2.75) is 71.8 Å². The van der Waals surface area contributed by atoms with Crippen LogP contribution in [0.2, 0.25) is 0 Å². The first kappa shape index (κ1) is 41.1. The molecule has 0 saturated heterocycles. The first-order valence-electron chi connectivity index (χ1n) is 15.3. The van der Waals surface area contributed by atoms with E-state index >= 15 is 4.39 Å². The zero-order valence-electron chi connectivity index (χ0n) is 27.8. The number of anilines is 2. The van der Waals surface area contributed by atoms with Crippen molar-refractivity contribution in [3.05, 3.63) is 28.8 Å². The number of ether oxygens (including phenoxy) is 2. The summed E-state index contributed by atoms with van der Waals surface area (Å²) < 4.78 is 126. The van der Waals surface area contributed by atoms with Gasteiger partial charge in [0.25, 0.3) is 0 Å². The molecule has 1 unspecified atom stereocenters. The number of rotatable bonds is 12. The number of halogens is 8. The van der Waals surface area contributed by atoms with Gasteiger partial charge in [0.1, 0.15) is 41.1 Å². The second kappa shape index (κ2) is 17.0. The maximum absolute atomic E-state index is 16.4. The van der Waals surface area contributed by atoms with Crippen LogP contribution >= 0.6 is 0 Å². The summed E-state index contributed by atoms with van der Waals surface area (Å²) in [6.07, 6.45) is -10.9. The monoisotopic (exact) mass is 712 g/mol. The first-order chi connectivity index (χ1) is 23.1. The van der Waals surface area contributed by atoms with Crippen molar-refractivity contribution in [1.29, 1.82) is 0 Å². The van der Waals surface area contributed by atoms with Gasteiger partial charge in [-0.2, -0.15) is 36.3 Å². The lowest BCUT2D eigenvalue weighted by atomic mass is 9.71. The van der Waals surface area contributed by atoms with Crippen LogP contribution < -0.4 is 25.8 Å². The molecular formula is C31H40F8N6O4. The molecule has 3 aromatic rings. The molecule has 49 heavy (non-hydrogen) atoms. The number of aromatic nitrogens is 3. The van der Waals surface area contributed by atoms with Crippen LogP contribution in [0.15, 0.2) is 6.07 Å². The number of aliphatic hydroxyl groups excluding tert-OH is 1. The van der Waals surface area contributed by atoms with Gasteiger partial charge in [0, 0.05) is 25.8 Å². The fourth-order valence-corrected chi connectivity index (χ4v) is 4.91. The van der Waals surface area contributed by atoms with E-state index < -0.39 is 92.8 Å². The molecule has 10 nitrogen and oxygen atoms in total. The number of alkyl halides is 6. The number of benzene rings is 1. The van der Waals surface area contributed by atoms with Gasteiger partial charge >= 0.3 is 18.4 Å². The first-order valence-corrected chi connectivity index (χ1v) is 15.3. The number of aliphatic hydroxyl groups is 1.